The quantitative estimate of drug-likeness (QED) is 0.427. The average molecular weight is 227 g/mol. The number of benzene rings is 1. The number of hydrogen-bond donors (Lipinski definition) is 0. The molecule has 0 saturated heterocycles. The van der Waals surface area contributed by atoms with E-state index >= 15 is 0 Å². The lowest BCUT2D eigenvalue weighted by atomic mass is 10.1. The zero-order valence-electron chi connectivity index (χ0n) is 7.28. The van der Waals surface area contributed by atoms with Gasteiger partial charge in [0.05, 0.1) is 10.3 Å². The normalized spacial score (nSPS) is 10.5. The lowest BCUT2D eigenvalue weighted by molar-refractivity contribution is -0.385. The highest BCUT2D eigenvalue weighted by molar-refractivity contribution is 6.34. The average Bonchev–Trinajstić information content (AvgIpc) is 2.17. The third-order valence-corrected chi connectivity index (χ3v) is 2.30. The Labute approximate surface area is 88.5 Å². The summed E-state index contributed by atoms with van der Waals surface area (Å²) in [6.07, 6.45) is 1.30. The van der Waals surface area contributed by atoms with Crippen molar-refractivity contribution < 1.29 is 9.31 Å². The van der Waals surface area contributed by atoms with Crippen LogP contribution in [0.3, 0.4) is 0 Å². The maximum absolute atomic E-state index is 13.2. The highest BCUT2D eigenvalue weighted by atomic mass is 35.5. The Morgan fingerprint density at radius 3 is 2.73 bits per heavy atom. The largest absolute Gasteiger partial charge is 0.312 e. The fourth-order valence-corrected chi connectivity index (χ4v) is 1.58. The molecule has 1 heterocycles. The second-order valence-corrected chi connectivity index (χ2v) is 3.21. The first-order valence-corrected chi connectivity index (χ1v) is 4.36. The third-order valence-electron chi connectivity index (χ3n) is 2.00. The van der Waals surface area contributed by atoms with Crippen LogP contribution >= 0.6 is 11.6 Å². The lowest BCUT2D eigenvalue weighted by Crippen LogP contribution is -1.94. The number of hydrogen-bond acceptors (Lipinski definition) is 3. The lowest BCUT2D eigenvalue weighted by Gasteiger charge is -2.01. The van der Waals surface area contributed by atoms with Crippen LogP contribution in [0.2, 0.25) is 5.15 Å². The summed E-state index contributed by atoms with van der Waals surface area (Å²) >= 11 is 5.73. The van der Waals surface area contributed by atoms with Crippen molar-refractivity contribution in [3.8, 4) is 0 Å². The molecule has 0 atom stereocenters. The first kappa shape index (κ1) is 9.79. The Hall–Kier alpha value is -1.75. The van der Waals surface area contributed by atoms with Crippen LogP contribution in [0, 0.1) is 15.9 Å². The molecule has 0 amide bonds. The zero-order valence-corrected chi connectivity index (χ0v) is 8.03. The van der Waals surface area contributed by atoms with Gasteiger partial charge in [0.1, 0.15) is 5.15 Å². The second kappa shape index (κ2) is 3.43. The zero-order chi connectivity index (χ0) is 11.0. The van der Waals surface area contributed by atoms with Crippen LogP contribution in [0.5, 0.6) is 0 Å². The maximum atomic E-state index is 13.2. The predicted molar refractivity (Wildman–Crippen MR) is 53.4 cm³/mol. The summed E-state index contributed by atoms with van der Waals surface area (Å²) in [4.78, 5) is 13.6. The number of rotatable bonds is 1. The first-order valence-electron chi connectivity index (χ1n) is 3.98. The highest BCUT2D eigenvalue weighted by Gasteiger charge is 2.19. The third kappa shape index (κ3) is 1.50. The summed E-state index contributed by atoms with van der Waals surface area (Å²) in [5, 5.41) is 11.3. The molecule has 0 N–H and O–H groups in total. The van der Waals surface area contributed by atoms with E-state index in [-0.39, 0.29) is 10.5 Å². The van der Waals surface area contributed by atoms with Gasteiger partial charge in [-0.15, -0.1) is 0 Å². The van der Waals surface area contributed by atoms with E-state index in [9.17, 15) is 14.5 Å². The van der Waals surface area contributed by atoms with Gasteiger partial charge in [-0.25, -0.2) is 4.98 Å². The molecule has 15 heavy (non-hydrogen) atoms. The van der Waals surface area contributed by atoms with Crippen molar-refractivity contribution in [1.29, 1.82) is 0 Å². The van der Waals surface area contributed by atoms with Gasteiger partial charge in [-0.3, -0.25) is 10.1 Å². The predicted octanol–water partition coefficient (Wildman–Crippen LogP) is 2.94. The van der Waals surface area contributed by atoms with Crippen molar-refractivity contribution in [2.45, 2.75) is 0 Å². The number of aromatic nitrogens is 1. The van der Waals surface area contributed by atoms with E-state index in [2.05, 4.69) is 4.98 Å². The van der Waals surface area contributed by atoms with Crippen LogP contribution in [0.15, 0.2) is 24.4 Å². The number of nitro benzene ring substituents is 1. The van der Waals surface area contributed by atoms with Crippen LogP contribution in [-0.2, 0) is 0 Å². The van der Waals surface area contributed by atoms with Gasteiger partial charge in [0.15, 0.2) is 0 Å². The Morgan fingerprint density at radius 1 is 1.33 bits per heavy atom. The van der Waals surface area contributed by atoms with Crippen LogP contribution in [0.4, 0.5) is 10.1 Å². The topological polar surface area (TPSA) is 56.0 Å². The maximum Gasteiger partial charge on any atom is 0.312 e. The minimum Gasteiger partial charge on any atom is -0.258 e. The van der Waals surface area contributed by atoms with E-state index < -0.39 is 16.4 Å². The Balaban J connectivity index is 2.94. The summed E-state index contributed by atoms with van der Waals surface area (Å²) in [6, 6.07) is 3.74. The minimum absolute atomic E-state index is 0.121. The van der Waals surface area contributed by atoms with Crippen LogP contribution in [0.25, 0.3) is 10.8 Å². The van der Waals surface area contributed by atoms with E-state index in [1.54, 1.807) is 0 Å². The number of nitro groups is 1. The molecule has 0 bridgehead atoms. The van der Waals surface area contributed by atoms with E-state index in [1.807, 2.05) is 0 Å². The first-order chi connectivity index (χ1) is 7.11. The summed E-state index contributed by atoms with van der Waals surface area (Å²) in [7, 11) is 0. The molecular weight excluding hydrogens is 223 g/mol. The summed E-state index contributed by atoms with van der Waals surface area (Å²) in [6.45, 7) is 0. The van der Waals surface area contributed by atoms with Gasteiger partial charge in [-0.1, -0.05) is 11.6 Å². The molecule has 0 fully saturated rings. The summed E-state index contributed by atoms with van der Waals surface area (Å²) in [5.74, 6) is -0.880. The van der Waals surface area contributed by atoms with E-state index in [0.29, 0.717) is 5.39 Å². The van der Waals surface area contributed by atoms with Gasteiger partial charge in [0, 0.05) is 11.6 Å². The van der Waals surface area contributed by atoms with Gasteiger partial charge in [-0.2, -0.15) is 4.39 Å². The number of pyridine rings is 1. The fourth-order valence-electron chi connectivity index (χ4n) is 1.36. The van der Waals surface area contributed by atoms with Crippen LogP contribution < -0.4 is 0 Å². The molecule has 1 aromatic heterocycles. The van der Waals surface area contributed by atoms with Crippen molar-refractivity contribution in [3.05, 3.63) is 45.5 Å². The monoisotopic (exact) mass is 226 g/mol. The molecule has 0 aliphatic carbocycles. The minimum atomic E-state index is -0.880. The highest BCUT2D eigenvalue weighted by Crippen LogP contribution is 2.31. The molecule has 0 aliphatic heterocycles. The number of halogens is 2. The Morgan fingerprint density at radius 2 is 2.07 bits per heavy atom. The molecule has 2 rings (SSSR count). The molecule has 76 valence electrons. The Bertz CT molecular complexity index is 559. The fraction of sp³-hybridized carbons (Fsp3) is 0. The van der Waals surface area contributed by atoms with E-state index in [0.717, 1.165) is 6.07 Å². The molecule has 0 aliphatic rings. The summed E-state index contributed by atoms with van der Waals surface area (Å²) < 4.78 is 13.2. The van der Waals surface area contributed by atoms with Crippen molar-refractivity contribution in [3.63, 3.8) is 0 Å². The van der Waals surface area contributed by atoms with E-state index in [4.69, 9.17) is 11.6 Å². The molecule has 6 heteroatoms. The van der Waals surface area contributed by atoms with Gasteiger partial charge in [0.2, 0.25) is 5.82 Å². The molecule has 0 unspecified atom stereocenters. The van der Waals surface area contributed by atoms with Crippen LogP contribution in [-0.4, -0.2) is 9.91 Å². The standard InChI is InChI=1S/C9H4ClFN2O2/c10-9-6-1-2-7(11)8(13(14)15)5(6)3-4-12-9/h1-4H. The van der Waals surface area contributed by atoms with Crippen molar-refractivity contribution in [2.75, 3.05) is 0 Å². The molecule has 0 spiro atoms. The SMILES string of the molecule is O=[N+]([O-])c1c(F)ccc2c(Cl)nccc12. The number of fused-ring (bicyclic) bond motifs is 1. The summed E-state index contributed by atoms with van der Waals surface area (Å²) in [5.41, 5.74) is -0.572. The molecule has 4 nitrogen and oxygen atoms in total. The molecule has 2 aromatic rings. The number of nitrogens with zero attached hydrogens (tertiary/aromatic N) is 2. The van der Waals surface area contributed by atoms with Crippen molar-refractivity contribution in [2.24, 2.45) is 0 Å². The molecule has 0 saturated carbocycles. The Kier molecular flexibility index (Phi) is 2.24. The smallest absolute Gasteiger partial charge is 0.258 e. The molecular formula is C9H4ClFN2O2. The molecule has 0 radical (unpaired) electrons. The van der Waals surface area contributed by atoms with Gasteiger partial charge < -0.3 is 0 Å². The van der Waals surface area contributed by atoms with Gasteiger partial charge >= 0.3 is 5.69 Å². The second-order valence-electron chi connectivity index (χ2n) is 2.85. The molecule has 1 aromatic carbocycles. The van der Waals surface area contributed by atoms with Crippen LogP contribution in [0.1, 0.15) is 0 Å². The van der Waals surface area contributed by atoms with E-state index in [1.165, 1.54) is 18.3 Å². The van der Waals surface area contributed by atoms with Gasteiger partial charge in [0.25, 0.3) is 0 Å². The van der Waals surface area contributed by atoms with Crippen molar-refractivity contribution >= 4 is 28.1 Å². The van der Waals surface area contributed by atoms with Crippen molar-refractivity contribution in [1.82, 2.24) is 4.98 Å². The van der Waals surface area contributed by atoms with Gasteiger partial charge in [-0.05, 0) is 18.2 Å².